The molecule has 0 radical (unpaired) electrons. The number of amides is 1. The third-order valence-electron chi connectivity index (χ3n) is 2.56. The Labute approximate surface area is 119 Å². The SMILES string of the molecule is CC(C)(C(=O)Nc1cc(Cl)c(F)c(Cl)c1)/C(N)=N/O. The van der Waals surface area contributed by atoms with Crippen molar-refractivity contribution >= 4 is 40.6 Å². The van der Waals surface area contributed by atoms with Crippen LogP contribution in [0.25, 0.3) is 0 Å². The number of benzene rings is 1. The van der Waals surface area contributed by atoms with E-state index in [0.29, 0.717) is 0 Å². The van der Waals surface area contributed by atoms with Gasteiger partial charge in [-0.2, -0.15) is 0 Å². The molecule has 1 aromatic rings. The van der Waals surface area contributed by atoms with Crippen molar-refractivity contribution in [2.75, 3.05) is 5.32 Å². The summed E-state index contributed by atoms with van der Waals surface area (Å²) in [5.41, 5.74) is 4.38. The van der Waals surface area contributed by atoms with Crippen LogP contribution in [0, 0.1) is 11.2 Å². The van der Waals surface area contributed by atoms with Crippen LogP contribution < -0.4 is 11.1 Å². The van der Waals surface area contributed by atoms with Crippen LogP contribution in [0.4, 0.5) is 10.1 Å². The van der Waals surface area contributed by atoms with E-state index in [1.807, 2.05) is 0 Å². The fraction of sp³-hybridized carbons (Fsp3) is 0.273. The maximum atomic E-state index is 13.2. The molecule has 1 aromatic carbocycles. The highest BCUT2D eigenvalue weighted by Gasteiger charge is 2.33. The molecule has 0 aromatic heterocycles. The van der Waals surface area contributed by atoms with Crippen molar-refractivity contribution in [3.63, 3.8) is 0 Å². The van der Waals surface area contributed by atoms with Crippen molar-refractivity contribution in [2.24, 2.45) is 16.3 Å². The summed E-state index contributed by atoms with van der Waals surface area (Å²) in [5.74, 6) is -1.58. The topological polar surface area (TPSA) is 87.7 Å². The van der Waals surface area contributed by atoms with Gasteiger partial charge < -0.3 is 16.3 Å². The summed E-state index contributed by atoms with van der Waals surface area (Å²) in [5, 5.41) is 13.4. The van der Waals surface area contributed by atoms with Gasteiger partial charge in [0, 0.05) is 5.69 Å². The molecule has 1 rings (SSSR count). The zero-order valence-corrected chi connectivity index (χ0v) is 11.7. The Morgan fingerprint density at radius 1 is 1.42 bits per heavy atom. The van der Waals surface area contributed by atoms with E-state index in [4.69, 9.17) is 34.1 Å². The Morgan fingerprint density at radius 3 is 2.32 bits per heavy atom. The van der Waals surface area contributed by atoms with E-state index < -0.39 is 17.1 Å². The molecule has 104 valence electrons. The maximum Gasteiger partial charge on any atom is 0.237 e. The molecule has 0 saturated heterocycles. The van der Waals surface area contributed by atoms with E-state index in [-0.39, 0.29) is 21.6 Å². The zero-order valence-electron chi connectivity index (χ0n) is 10.2. The Balaban J connectivity index is 3.01. The first-order chi connectivity index (χ1) is 8.70. The number of nitrogens with one attached hydrogen (secondary N) is 1. The number of nitrogens with two attached hydrogens (primary N) is 1. The molecule has 0 heterocycles. The molecular formula is C11H12Cl2FN3O2. The van der Waals surface area contributed by atoms with Crippen LogP contribution >= 0.6 is 23.2 Å². The van der Waals surface area contributed by atoms with E-state index in [1.165, 1.54) is 26.0 Å². The van der Waals surface area contributed by atoms with Crippen molar-refractivity contribution in [1.29, 1.82) is 0 Å². The summed E-state index contributed by atoms with van der Waals surface area (Å²) in [6, 6.07) is 2.42. The largest absolute Gasteiger partial charge is 0.409 e. The van der Waals surface area contributed by atoms with Gasteiger partial charge in [-0.15, -0.1) is 0 Å². The number of carbonyl (C=O) groups excluding carboxylic acids is 1. The molecular weight excluding hydrogens is 296 g/mol. The molecule has 0 aliphatic rings. The molecule has 19 heavy (non-hydrogen) atoms. The second kappa shape index (κ2) is 5.63. The summed E-state index contributed by atoms with van der Waals surface area (Å²) in [6.45, 7) is 2.92. The minimum Gasteiger partial charge on any atom is -0.409 e. The third kappa shape index (κ3) is 3.27. The predicted octanol–water partition coefficient (Wildman–Crippen LogP) is 2.84. The van der Waals surface area contributed by atoms with Crippen LogP contribution in [0.3, 0.4) is 0 Å². The first-order valence-corrected chi connectivity index (χ1v) is 5.89. The fourth-order valence-corrected chi connectivity index (χ4v) is 1.64. The molecule has 0 fully saturated rings. The number of rotatable bonds is 3. The average molecular weight is 308 g/mol. The highest BCUT2D eigenvalue weighted by atomic mass is 35.5. The highest BCUT2D eigenvalue weighted by molar-refractivity contribution is 6.35. The van der Waals surface area contributed by atoms with Crippen LogP contribution in [0.1, 0.15) is 13.8 Å². The van der Waals surface area contributed by atoms with E-state index in [1.54, 1.807) is 0 Å². The van der Waals surface area contributed by atoms with Crippen LogP contribution in [0.15, 0.2) is 17.3 Å². The molecule has 0 aliphatic carbocycles. The molecule has 8 heteroatoms. The van der Waals surface area contributed by atoms with Gasteiger partial charge in [0.1, 0.15) is 5.41 Å². The summed E-state index contributed by atoms with van der Waals surface area (Å²) in [4.78, 5) is 12.0. The fourth-order valence-electron chi connectivity index (χ4n) is 1.16. The number of oxime groups is 1. The number of nitrogens with zero attached hydrogens (tertiary/aromatic N) is 1. The molecule has 0 unspecified atom stereocenters. The normalized spacial score (nSPS) is 12.4. The van der Waals surface area contributed by atoms with Gasteiger partial charge in [0.25, 0.3) is 0 Å². The molecule has 0 saturated carbocycles. The number of amidine groups is 1. The average Bonchev–Trinajstić information content (AvgIpc) is 2.34. The number of hydrogen-bond donors (Lipinski definition) is 3. The number of hydrogen-bond acceptors (Lipinski definition) is 3. The minimum absolute atomic E-state index is 0.209. The molecule has 4 N–H and O–H groups in total. The van der Waals surface area contributed by atoms with Crippen LogP contribution in [-0.4, -0.2) is 17.0 Å². The summed E-state index contributed by atoms with van der Waals surface area (Å²) < 4.78 is 13.2. The summed E-state index contributed by atoms with van der Waals surface area (Å²) >= 11 is 11.2. The monoisotopic (exact) mass is 307 g/mol. The van der Waals surface area contributed by atoms with Crippen LogP contribution in [-0.2, 0) is 4.79 Å². The van der Waals surface area contributed by atoms with Crippen molar-refractivity contribution in [2.45, 2.75) is 13.8 Å². The summed E-state index contributed by atoms with van der Waals surface area (Å²) in [7, 11) is 0. The van der Waals surface area contributed by atoms with Crippen LogP contribution in [0.5, 0.6) is 0 Å². The molecule has 0 spiro atoms. The van der Waals surface area contributed by atoms with E-state index >= 15 is 0 Å². The first kappa shape index (κ1) is 15.5. The summed E-state index contributed by atoms with van der Waals surface area (Å²) in [6.07, 6.45) is 0. The molecule has 1 amide bonds. The van der Waals surface area contributed by atoms with Gasteiger partial charge in [0.05, 0.1) is 10.0 Å². The van der Waals surface area contributed by atoms with E-state index in [0.717, 1.165) is 0 Å². The smallest absolute Gasteiger partial charge is 0.237 e. The third-order valence-corrected chi connectivity index (χ3v) is 3.11. The Morgan fingerprint density at radius 2 is 1.89 bits per heavy atom. The first-order valence-electron chi connectivity index (χ1n) is 5.14. The lowest BCUT2D eigenvalue weighted by atomic mass is 9.91. The number of halogens is 3. The zero-order chi connectivity index (χ0) is 14.8. The second-order valence-corrected chi connectivity index (χ2v) is 5.13. The molecule has 0 atom stereocenters. The molecule has 5 nitrogen and oxygen atoms in total. The van der Waals surface area contributed by atoms with Crippen molar-refractivity contribution < 1.29 is 14.4 Å². The highest BCUT2D eigenvalue weighted by Crippen LogP contribution is 2.28. The van der Waals surface area contributed by atoms with Crippen molar-refractivity contribution in [3.8, 4) is 0 Å². The van der Waals surface area contributed by atoms with E-state index in [2.05, 4.69) is 10.5 Å². The number of carbonyl (C=O) groups is 1. The lowest BCUT2D eigenvalue weighted by Crippen LogP contribution is -2.42. The Kier molecular flexibility index (Phi) is 4.60. The Hall–Kier alpha value is -1.53. The molecule has 0 bridgehead atoms. The van der Waals surface area contributed by atoms with E-state index in [9.17, 15) is 9.18 Å². The van der Waals surface area contributed by atoms with Crippen molar-refractivity contribution in [1.82, 2.24) is 0 Å². The minimum atomic E-state index is -1.25. The quantitative estimate of drug-likeness (QED) is 0.264. The lowest BCUT2D eigenvalue weighted by Gasteiger charge is -2.21. The number of anilines is 1. The Bertz CT molecular complexity index is 524. The van der Waals surface area contributed by atoms with Gasteiger partial charge in [-0.25, -0.2) is 4.39 Å². The van der Waals surface area contributed by atoms with Crippen LogP contribution in [0.2, 0.25) is 10.0 Å². The predicted molar refractivity (Wildman–Crippen MR) is 72.2 cm³/mol. The maximum absolute atomic E-state index is 13.2. The molecule has 0 aliphatic heterocycles. The standard InChI is InChI=1S/C11H12Cl2FN3O2/c1-11(2,9(15)17-19)10(18)16-5-3-6(12)8(14)7(13)4-5/h3-4,19H,1-2H3,(H2,15,17)(H,16,18). The van der Waals surface area contributed by atoms with Gasteiger partial charge in [-0.05, 0) is 26.0 Å². The van der Waals surface area contributed by atoms with Crippen molar-refractivity contribution in [3.05, 3.63) is 28.0 Å². The van der Waals surface area contributed by atoms with Gasteiger partial charge in [-0.1, -0.05) is 28.4 Å². The second-order valence-electron chi connectivity index (χ2n) is 4.32. The van der Waals surface area contributed by atoms with Gasteiger partial charge in [-0.3, -0.25) is 4.79 Å². The lowest BCUT2D eigenvalue weighted by molar-refractivity contribution is -0.121. The van der Waals surface area contributed by atoms with Gasteiger partial charge in [0.15, 0.2) is 11.7 Å². The van der Waals surface area contributed by atoms with Gasteiger partial charge in [0.2, 0.25) is 5.91 Å². The van der Waals surface area contributed by atoms with Gasteiger partial charge >= 0.3 is 0 Å².